The fourth-order valence-electron chi connectivity index (χ4n) is 2.71. The van der Waals surface area contributed by atoms with Crippen LogP contribution in [0.4, 0.5) is 4.39 Å². The third-order valence-electron chi connectivity index (χ3n) is 3.85. The van der Waals surface area contributed by atoms with Gasteiger partial charge >= 0.3 is 0 Å². The maximum absolute atomic E-state index is 13.3. The third-order valence-corrected chi connectivity index (χ3v) is 3.85. The van der Waals surface area contributed by atoms with Crippen LogP contribution in [0.5, 0.6) is 0 Å². The van der Waals surface area contributed by atoms with E-state index in [1.54, 1.807) is 29.3 Å². The molecule has 4 nitrogen and oxygen atoms in total. The second-order valence-electron chi connectivity index (χ2n) is 6.28. The van der Waals surface area contributed by atoms with E-state index in [0.717, 1.165) is 11.1 Å². The molecule has 0 bridgehead atoms. The third kappa shape index (κ3) is 3.56. The molecule has 1 aromatic carbocycles. The van der Waals surface area contributed by atoms with Crippen molar-refractivity contribution < 1.29 is 13.9 Å². The van der Waals surface area contributed by atoms with E-state index in [2.05, 4.69) is 4.98 Å². The standard InChI is InChI=1S/C18H19FN2O2/c1-18(2)12-21(8-9-23-18)17(22)16-7-6-14(11-20-16)13-4-3-5-15(19)10-13/h3-7,10-11H,8-9,12H2,1-2H3. The lowest BCUT2D eigenvalue weighted by atomic mass is 10.1. The molecule has 120 valence electrons. The Morgan fingerprint density at radius 2 is 2.09 bits per heavy atom. The van der Waals surface area contributed by atoms with Crippen molar-refractivity contribution in [1.29, 1.82) is 0 Å². The molecule has 0 aliphatic carbocycles. The summed E-state index contributed by atoms with van der Waals surface area (Å²) in [6.45, 7) is 5.56. The lowest BCUT2D eigenvalue weighted by molar-refractivity contribution is -0.0765. The molecule has 0 atom stereocenters. The summed E-state index contributed by atoms with van der Waals surface area (Å²) in [6.07, 6.45) is 1.60. The van der Waals surface area contributed by atoms with Gasteiger partial charge in [-0.2, -0.15) is 0 Å². The quantitative estimate of drug-likeness (QED) is 0.855. The van der Waals surface area contributed by atoms with Crippen LogP contribution in [0.3, 0.4) is 0 Å². The molecule has 3 rings (SSSR count). The molecule has 2 heterocycles. The highest BCUT2D eigenvalue weighted by Gasteiger charge is 2.30. The second-order valence-corrected chi connectivity index (χ2v) is 6.28. The number of carbonyl (C=O) groups excluding carboxylic acids is 1. The first-order valence-corrected chi connectivity index (χ1v) is 7.60. The summed E-state index contributed by atoms with van der Waals surface area (Å²) >= 11 is 0. The Labute approximate surface area is 134 Å². The SMILES string of the molecule is CC1(C)CN(C(=O)c2ccc(-c3cccc(F)c3)cn2)CCO1. The van der Waals surface area contributed by atoms with Crippen LogP contribution in [-0.4, -0.2) is 41.1 Å². The summed E-state index contributed by atoms with van der Waals surface area (Å²) in [5, 5.41) is 0. The maximum atomic E-state index is 13.3. The van der Waals surface area contributed by atoms with Gasteiger partial charge in [-0.3, -0.25) is 9.78 Å². The Morgan fingerprint density at radius 1 is 1.26 bits per heavy atom. The monoisotopic (exact) mass is 314 g/mol. The van der Waals surface area contributed by atoms with Gasteiger partial charge < -0.3 is 9.64 Å². The second kappa shape index (κ2) is 6.08. The van der Waals surface area contributed by atoms with Crippen LogP contribution >= 0.6 is 0 Å². The first-order valence-electron chi connectivity index (χ1n) is 7.60. The van der Waals surface area contributed by atoms with Gasteiger partial charge in [-0.05, 0) is 37.6 Å². The van der Waals surface area contributed by atoms with E-state index in [0.29, 0.717) is 25.4 Å². The zero-order valence-corrected chi connectivity index (χ0v) is 13.3. The van der Waals surface area contributed by atoms with Crippen LogP contribution < -0.4 is 0 Å². The molecule has 0 radical (unpaired) electrons. The molecule has 5 heteroatoms. The van der Waals surface area contributed by atoms with E-state index in [9.17, 15) is 9.18 Å². The van der Waals surface area contributed by atoms with Crippen molar-refractivity contribution in [1.82, 2.24) is 9.88 Å². The summed E-state index contributed by atoms with van der Waals surface area (Å²) in [6, 6.07) is 9.79. The minimum Gasteiger partial charge on any atom is -0.372 e. The highest BCUT2D eigenvalue weighted by Crippen LogP contribution is 2.21. The van der Waals surface area contributed by atoms with Gasteiger partial charge in [0.2, 0.25) is 0 Å². The van der Waals surface area contributed by atoms with Crippen LogP contribution in [0, 0.1) is 5.82 Å². The van der Waals surface area contributed by atoms with Gasteiger partial charge in [0.15, 0.2) is 0 Å². The molecule has 0 saturated carbocycles. The predicted octanol–water partition coefficient (Wildman–Crippen LogP) is 3.14. The average molecular weight is 314 g/mol. The predicted molar refractivity (Wildman–Crippen MR) is 85.6 cm³/mol. The summed E-state index contributed by atoms with van der Waals surface area (Å²) in [4.78, 5) is 18.5. The van der Waals surface area contributed by atoms with Crippen molar-refractivity contribution in [2.45, 2.75) is 19.4 Å². The number of carbonyl (C=O) groups is 1. The number of hydrogen-bond acceptors (Lipinski definition) is 3. The van der Waals surface area contributed by atoms with Gasteiger partial charge in [0.05, 0.1) is 12.2 Å². The Hall–Kier alpha value is -2.27. The fraction of sp³-hybridized carbons (Fsp3) is 0.333. The van der Waals surface area contributed by atoms with E-state index < -0.39 is 0 Å². The fourth-order valence-corrected chi connectivity index (χ4v) is 2.71. The number of pyridine rings is 1. The maximum Gasteiger partial charge on any atom is 0.272 e. The van der Waals surface area contributed by atoms with Gasteiger partial charge in [0.1, 0.15) is 11.5 Å². The van der Waals surface area contributed by atoms with Crippen LogP contribution in [-0.2, 0) is 4.74 Å². The molecular weight excluding hydrogens is 295 g/mol. The Morgan fingerprint density at radius 3 is 2.74 bits per heavy atom. The molecule has 0 spiro atoms. The van der Waals surface area contributed by atoms with Gasteiger partial charge in [-0.15, -0.1) is 0 Å². The molecule has 1 aliphatic rings. The topological polar surface area (TPSA) is 42.4 Å². The zero-order chi connectivity index (χ0) is 16.4. The molecule has 1 amide bonds. The molecule has 2 aromatic rings. The number of halogens is 1. The normalized spacial score (nSPS) is 17.1. The number of aromatic nitrogens is 1. The highest BCUT2D eigenvalue weighted by molar-refractivity contribution is 5.92. The Kier molecular flexibility index (Phi) is 4.13. The first-order chi connectivity index (χ1) is 10.9. The van der Waals surface area contributed by atoms with Gasteiger partial charge in [0.25, 0.3) is 5.91 Å². The van der Waals surface area contributed by atoms with E-state index >= 15 is 0 Å². The number of nitrogens with zero attached hydrogens (tertiary/aromatic N) is 2. The van der Waals surface area contributed by atoms with Crippen molar-refractivity contribution in [3.05, 3.63) is 54.1 Å². The molecule has 0 N–H and O–H groups in total. The minimum atomic E-state index is -0.338. The molecule has 0 unspecified atom stereocenters. The summed E-state index contributed by atoms with van der Waals surface area (Å²) in [5.74, 6) is -0.398. The van der Waals surface area contributed by atoms with Crippen molar-refractivity contribution in [2.75, 3.05) is 19.7 Å². The van der Waals surface area contributed by atoms with Crippen LogP contribution in [0.2, 0.25) is 0 Å². The minimum absolute atomic E-state index is 0.104. The average Bonchev–Trinajstić information content (AvgIpc) is 2.53. The van der Waals surface area contributed by atoms with Gasteiger partial charge in [-0.25, -0.2) is 4.39 Å². The van der Waals surface area contributed by atoms with Crippen molar-refractivity contribution in [3.63, 3.8) is 0 Å². The molecule has 1 aromatic heterocycles. The number of benzene rings is 1. The van der Waals surface area contributed by atoms with Crippen LogP contribution in [0.15, 0.2) is 42.6 Å². The molecule has 23 heavy (non-hydrogen) atoms. The number of hydrogen-bond donors (Lipinski definition) is 0. The lowest BCUT2D eigenvalue weighted by Crippen LogP contribution is -2.50. The molecular formula is C18H19FN2O2. The van der Waals surface area contributed by atoms with Crippen molar-refractivity contribution in [2.24, 2.45) is 0 Å². The Bertz CT molecular complexity index is 713. The molecule has 1 saturated heterocycles. The summed E-state index contributed by atoms with van der Waals surface area (Å²) in [5.41, 5.74) is 1.57. The zero-order valence-electron chi connectivity index (χ0n) is 13.3. The molecule has 1 aliphatic heterocycles. The van der Waals surface area contributed by atoms with E-state index in [4.69, 9.17) is 4.74 Å². The number of morpholine rings is 1. The van der Waals surface area contributed by atoms with Gasteiger partial charge in [0, 0.05) is 24.8 Å². The van der Waals surface area contributed by atoms with E-state index in [-0.39, 0.29) is 17.3 Å². The van der Waals surface area contributed by atoms with Gasteiger partial charge in [-0.1, -0.05) is 18.2 Å². The van der Waals surface area contributed by atoms with Crippen LogP contribution in [0.1, 0.15) is 24.3 Å². The highest BCUT2D eigenvalue weighted by atomic mass is 19.1. The lowest BCUT2D eigenvalue weighted by Gasteiger charge is -2.37. The largest absolute Gasteiger partial charge is 0.372 e. The summed E-state index contributed by atoms with van der Waals surface area (Å²) in [7, 11) is 0. The van der Waals surface area contributed by atoms with Crippen molar-refractivity contribution >= 4 is 5.91 Å². The van der Waals surface area contributed by atoms with E-state index in [1.807, 2.05) is 19.9 Å². The number of ether oxygens (including phenoxy) is 1. The number of amides is 1. The summed E-state index contributed by atoms with van der Waals surface area (Å²) < 4.78 is 18.9. The Balaban J connectivity index is 1.78. The first kappa shape index (κ1) is 15.6. The molecule has 1 fully saturated rings. The van der Waals surface area contributed by atoms with Crippen molar-refractivity contribution in [3.8, 4) is 11.1 Å². The number of rotatable bonds is 2. The van der Waals surface area contributed by atoms with E-state index in [1.165, 1.54) is 12.1 Å². The van der Waals surface area contributed by atoms with Crippen LogP contribution in [0.25, 0.3) is 11.1 Å². The smallest absolute Gasteiger partial charge is 0.272 e.